The molecule has 24 heavy (non-hydrogen) atoms. The minimum absolute atomic E-state index is 0.170. The number of hydrogen-bond donors (Lipinski definition) is 1. The molecule has 1 N–H and O–H groups in total. The molecule has 1 aliphatic heterocycles. The van der Waals surface area contributed by atoms with Crippen LogP contribution in [-0.4, -0.2) is 54.0 Å². The first kappa shape index (κ1) is 16.4. The van der Waals surface area contributed by atoms with Crippen molar-refractivity contribution in [2.24, 2.45) is 0 Å². The normalized spacial score (nSPS) is 15.3. The monoisotopic (exact) mass is 325 g/mol. The number of nitrogens with one attached hydrogen (secondary N) is 1. The largest absolute Gasteiger partial charge is 0.354 e. The van der Waals surface area contributed by atoms with E-state index in [1.807, 2.05) is 31.2 Å². The second kappa shape index (κ2) is 7.40. The summed E-state index contributed by atoms with van der Waals surface area (Å²) < 4.78 is 0. The van der Waals surface area contributed by atoms with Gasteiger partial charge in [-0.3, -0.25) is 4.79 Å². The highest BCUT2D eigenvalue weighted by atomic mass is 16.1. The maximum absolute atomic E-state index is 12.4. The van der Waals surface area contributed by atoms with Gasteiger partial charge in [0.05, 0.1) is 0 Å². The van der Waals surface area contributed by atoms with Crippen molar-refractivity contribution in [3.8, 4) is 0 Å². The van der Waals surface area contributed by atoms with Crippen molar-refractivity contribution in [1.82, 2.24) is 20.2 Å². The molecule has 126 valence electrons. The van der Waals surface area contributed by atoms with E-state index in [-0.39, 0.29) is 5.91 Å². The lowest BCUT2D eigenvalue weighted by Gasteiger charge is -2.33. The first-order chi connectivity index (χ1) is 11.6. The minimum atomic E-state index is -0.170. The number of aryl methyl sites for hydroxylation is 1. The van der Waals surface area contributed by atoms with Crippen LogP contribution in [0.3, 0.4) is 0 Å². The van der Waals surface area contributed by atoms with E-state index in [9.17, 15) is 4.79 Å². The molecule has 0 unspecified atom stereocenters. The van der Waals surface area contributed by atoms with E-state index in [0.29, 0.717) is 12.2 Å². The van der Waals surface area contributed by atoms with E-state index in [4.69, 9.17) is 0 Å². The van der Waals surface area contributed by atoms with E-state index in [0.717, 1.165) is 37.6 Å². The Balaban J connectivity index is 1.65. The van der Waals surface area contributed by atoms with Crippen LogP contribution in [-0.2, 0) is 6.54 Å². The molecule has 0 radical (unpaired) electrons. The lowest BCUT2D eigenvalue weighted by atomic mass is 10.1. The molecule has 0 aliphatic carbocycles. The number of piperazine rings is 1. The van der Waals surface area contributed by atoms with Gasteiger partial charge in [0.2, 0.25) is 0 Å². The molecule has 2 heterocycles. The Kier molecular flexibility index (Phi) is 5.05. The summed E-state index contributed by atoms with van der Waals surface area (Å²) in [6.45, 7) is 6.37. The van der Waals surface area contributed by atoms with E-state index in [2.05, 4.69) is 32.1 Å². The van der Waals surface area contributed by atoms with Crippen LogP contribution < -0.4 is 10.2 Å². The Morgan fingerprint density at radius 1 is 1.17 bits per heavy atom. The molecule has 1 aliphatic rings. The van der Waals surface area contributed by atoms with Gasteiger partial charge < -0.3 is 15.1 Å². The van der Waals surface area contributed by atoms with Crippen molar-refractivity contribution < 1.29 is 4.79 Å². The molecule has 1 fully saturated rings. The smallest absolute Gasteiger partial charge is 0.270 e. The van der Waals surface area contributed by atoms with Gasteiger partial charge >= 0.3 is 0 Å². The second-order valence-electron chi connectivity index (χ2n) is 6.16. The van der Waals surface area contributed by atoms with Crippen molar-refractivity contribution in [3.05, 3.63) is 53.5 Å². The van der Waals surface area contributed by atoms with E-state index >= 15 is 0 Å². The molecule has 2 aromatic rings. The van der Waals surface area contributed by atoms with Crippen LogP contribution in [0.4, 0.5) is 5.82 Å². The summed E-state index contributed by atoms with van der Waals surface area (Å²) >= 11 is 0. The summed E-state index contributed by atoms with van der Waals surface area (Å²) in [5.41, 5.74) is 2.69. The van der Waals surface area contributed by atoms with Gasteiger partial charge in [-0.25, -0.2) is 9.97 Å². The number of benzene rings is 1. The van der Waals surface area contributed by atoms with Gasteiger partial charge in [0.25, 0.3) is 5.91 Å². The van der Waals surface area contributed by atoms with Crippen LogP contribution in [0.25, 0.3) is 0 Å². The number of rotatable bonds is 4. The molecule has 0 bridgehead atoms. The van der Waals surface area contributed by atoms with E-state index in [1.54, 1.807) is 6.07 Å². The summed E-state index contributed by atoms with van der Waals surface area (Å²) in [7, 11) is 2.11. The molecule has 0 saturated carbocycles. The SMILES string of the molecule is Cc1ccccc1CNC(=O)c1cc(N2CCN(C)CC2)ncn1. The van der Waals surface area contributed by atoms with Crippen molar-refractivity contribution >= 4 is 11.7 Å². The number of amides is 1. The molecular weight excluding hydrogens is 302 g/mol. The number of carbonyl (C=O) groups excluding carboxylic acids is 1. The lowest BCUT2D eigenvalue weighted by Crippen LogP contribution is -2.44. The summed E-state index contributed by atoms with van der Waals surface area (Å²) in [4.78, 5) is 25.3. The van der Waals surface area contributed by atoms with Crippen LogP contribution in [0.2, 0.25) is 0 Å². The average Bonchev–Trinajstić information content (AvgIpc) is 2.61. The molecule has 0 spiro atoms. The number of nitrogens with zero attached hydrogens (tertiary/aromatic N) is 4. The summed E-state index contributed by atoms with van der Waals surface area (Å²) in [6.07, 6.45) is 1.47. The predicted octanol–water partition coefficient (Wildman–Crippen LogP) is 1.47. The fraction of sp³-hybridized carbons (Fsp3) is 0.389. The minimum Gasteiger partial charge on any atom is -0.354 e. The Labute approximate surface area is 142 Å². The van der Waals surface area contributed by atoms with Crippen LogP contribution in [0.5, 0.6) is 0 Å². The highest BCUT2D eigenvalue weighted by molar-refractivity contribution is 5.92. The summed E-state index contributed by atoms with van der Waals surface area (Å²) in [5.74, 6) is 0.648. The molecule has 3 rings (SSSR count). The van der Waals surface area contributed by atoms with Gasteiger partial charge in [0.1, 0.15) is 17.8 Å². The molecule has 1 saturated heterocycles. The third kappa shape index (κ3) is 3.89. The second-order valence-corrected chi connectivity index (χ2v) is 6.16. The third-order valence-electron chi connectivity index (χ3n) is 4.41. The summed E-state index contributed by atoms with van der Waals surface area (Å²) in [5, 5.41) is 2.94. The predicted molar refractivity (Wildman–Crippen MR) is 94.1 cm³/mol. The van der Waals surface area contributed by atoms with Crippen molar-refractivity contribution in [2.45, 2.75) is 13.5 Å². The zero-order valence-corrected chi connectivity index (χ0v) is 14.2. The number of anilines is 1. The first-order valence-corrected chi connectivity index (χ1v) is 8.22. The van der Waals surface area contributed by atoms with Crippen molar-refractivity contribution in [1.29, 1.82) is 0 Å². The Hall–Kier alpha value is -2.47. The third-order valence-corrected chi connectivity index (χ3v) is 4.41. The number of aromatic nitrogens is 2. The fourth-order valence-electron chi connectivity index (χ4n) is 2.75. The van der Waals surface area contributed by atoms with Gasteiger partial charge in [0, 0.05) is 38.8 Å². The topological polar surface area (TPSA) is 61.4 Å². The Bertz CT molecular complexity index is 710. The van der Waals surface area contributed by atoms with Gasteiger partial charge in [0.15, 0.2) is 0 Å². The maximum Gasteiger partial charge on any atom is 0.270 e. The molecule has 6 nitrogen and oxygen atoms in total. The molecule has 1 aromatic carbocycles. The highest BCUT2D eigenvalue weighted by Gasteiger charge is 2.17. The van der Waals surface area contributed by atoms with Crippen LogP contribution in [0.1, 0.15) is 21.6 Å². The quantitative estimate of drug-likeness (QED) is 0.922. The van der Waals surface area contributed by atoms with Crippen LogP contribution in [0.15, 0.2) is 36.7 Å². The average molecular weight is 325 g/mol. The number of hydrogen-bond acceptors (Lipinski definition) is 5. The molecular formula is C18H23N5O. The van der Waals surface area contributed by atoms with Crippen molar-refractivity contribution in [2.75, 3.05) is 38.1 Å². The van der Waals surface area contributed by atoms with Gasteiger partial charge in [-0.2, -0.15) is 0 Å². The number of likely N-dealkylation sites (N-methyl/N-ethyl adjacent to an activating group) is 1. The lowest BCUT2D eigenvalue weighted by molar-refractivity contribution is 0.0945. The van der Waals surface area contributed by atoms with Crippen LogP contribution >= 0.6 is 0 Å². The van der Waals surface area contributed by atoms with E-state index < -0.39 is 0 Å². The summed E-state index contributed by atoms with van der Waals surface area (Å²) in [6, 6.07) is 9.81. The van der Waals surface area contributed by atoms with Gasteiger partial charge in [-0.1, -0.05) is 24.3 Å². The Morgan fingerprint density at radius 3 is 2.67 bits per heavy atom. The highest BCUT2D eigenvalue weighted by Crippen LogP contribution is 2.13. The van der Waals surface area contributed by atoms with Gasteiger partial charge in [-0.15, -0.1) is 0 Å². The van der Waals surface area contributed by atoms with Crippen molar-refractivity contribution in [3.63, 3.8) is 0 Å². The Morgan fingerprint density at radius 2 is 1.92 bits per heavy atom. The molecule has 6 heteroatoms. The van der Waals surface area contributed by atoms with E-state index in [1.165, 1.54) is 11.9 Å². The van der Waals surface area contributed by atoms with Crippen LogP contribution in [0, 0.1) is 6.92 Å². The standard InChI is InChI=1S/C18H23N5O/c1-14-5-3-4-6-15(14)12-19-18(24)16-11-17(21-13-20-16)23-9-7-22(2)8-10-23/h3-6,11,13H,7-10,12H2,1-2H3,(H,19,24). The van der Waals surface area contributed by atoms with Gasteiger partial charge in [-0.05, 0) is 25.1 Å². The fourth-order valence-corrected chi connectivity index (χ4v) is 2.75. The molecule has 1 amide bonds. The zero-order chi connectivity index (χ0) is 16.9. The molecule has 1 aromatic heterocycles. The number of carbonyl (C=O) groups is 1. The maximum atomic E-state index is 12.4. The molecule has 0 atom stereocenters. The zero-order valence-electron chi connectivity index (χ0n) is 14.2. The first-order valence-electron chi connectivity index (χ1n) is 8.22.